The molecular weight excluding hydrogens is 302 g/mol. The average Bonchev–Trinajstić information content (AvgIpc) is 2.53. The summed E-state index contributed by atoms with van der Waals surface area (Å²) in [5.41, 5.74) is 0.658. The van der Waals surface area contributed by atoms with Crippen LogP contribution in [0, 0.1) is 0 Å². The van der Waals surface area contributed by atoms with Crippen molar-refractivity contribution in [1.29, 1.82) is 0 Å². The molecular formula is C19H31N3O2. The number of carbonyl (C=O) groups excluding carboxylic acids is 1. The highest BCUT2D eigenvalue weighted by atomic mass is 16.6. The largest absolute Gasteiger partial charge is 0.444 e. The van der Waals surface area contributed by atoms with E-state index < -0.39 is 5.60 Å². The van der Waals surface area contributed by atoms with E-state index in [2.05, 4.69) is 29.0 Å². The van der Waals surface area contributed by atoms with Crippen molar-refractivity contribution in [3.05, 3.63) is 35.9 Å². The summed E-state index contributed by atoms with van der Waals surface area (Å²) in [5, 5.41) is 0. The lowest BCUT2D eigenvalue weighted by atomic mass is 10.0. The fraction of sp³-hybridized carbons (Fsp3) is 0.632. The molecule has 134 valence electrons. The van der Waals surface area contributed by atoms with Crippen LogP contribution in [0.1, 0.15) is 32.4 Å². The molecule has 2 rings (SSSR count). The monoisotopic (exact) mass is 333 g/mol. The van der Waals surface area contributed by atoms with Crippen LogP contribution in [0.25, 0.3) is 0 Å². The van der Waals surface area contributed by atoms with Gasteiger partial charge < -0.3 is 14.5 Å². The van der Waals surface area contributed by atoms with Crippen LogP contribution >= 0.6 is 0 Å². The lowest BCUT2D eigenvalue weighted by molar-refractivity contribution is 0.0165. The number of carbonyl (C=O) groups is 1. The zero-order valence-electron chi connectivity index (χ0n) is 15.7. The molecule has 1 saturated heterocycles. The molecule has 1 amide bonds. The first-order valence-corrected chi connectivity index (χ1v) is 8.68. The van der Waals surface area contributed by atoms with Crippen molar-refractivity contribution < 1.29 is 9.53 Å². The summed E-state index contributed by atoms with van der Waals surface area (Å²) in [7, 11) is 3.99. The lowest BCUT2D eigenvalue weighted by Crippen LogP contribution is -2.48. The summed E-state index contributed by atoms with van der Waals surface area (Å²) < 4.78 is 5.57. The van der Waals surface area contributed by atoms with E-state index in [9.17, 15) is 4.79 Å². The standard InChI is InChI=1S/C19H31N3O2/c1-19(2,3)24-18(23)21(5)17(16-9-7-6-8-10-16)15-22-13-11-20(4)12-14-22/h6-10,17H,11-15H2,1-5H3/t17-/m1/s1. The highest BCUT2D eigenvalue weighted by molar-refractivity contribution is 5.68. The topological polar surface area (TPSA) is 36.0 Å². The van der Waals surface area contributed by atoms with Gasteiger partial charge in [-0.25, -0.2) is 4.79 Å². The Morgan fingerprint density at radius 3 is 2.29 bits per heavy atom. The second kappa shape index (κ2) is 7.99. The number of hydrogen-bond acceptors (Lipinski definition) is 4. The molecule has 24 heavy (non-hydrogen) atoms. The molecule has 0 spiro atoms. The van der Waals surface area contributed by atoms with Crippen LogP contribution < -0.4 is 0 Å². The van der Waals surface area contributed by atoms with Crippen LogP contribution in [-0.4, -0.2) is 73.2 Å². The van der Waals surface area contributed by atoms with Crippen molar-refractivity contribution in [2.75, 3.05) is 46.8 Å². The Morgan fingerprint density at radius 2 is 1.75 bits per heavy atom. The number of hydrogen-bond donors (Lipinski definition) is 0. The molecule has 0 unspecified atom stereocenters. The average molecular weight is 333 g/mol. The molecule has 1 aromatic carbocycles. The maximum Gasteiger partial charge on any atom is 0.410 e. The highest BCUT2D eigenvalue weighted by Gasteiger charge is 2.28. The molecule has 0 saturated carbocycles. The maximum atomic E-state index is 12.5. The third kappa shape index (κ3) is 5.49. The predicted molar refractivity (Wildman–Crippen MR) is 97.1 cm³/mol. The summed E-state index contributed by atoms with van der Waals surface area (Å²) in [5.74, 6) is 0. The smallest absolute Gasteiger partial charge is 0.410 e. The molecule has 5 nitrogen and oxygen atoms in total. The van der Waals surface area contributed by atoms with Crippen LogP contribution in [0.4, 0.5) is 4.79 Å². The summed E-state index contributed by atoms with van der Waals surface area (Å²) in [6, 6.07) is 10.2. The molecule has 0 bridgehead atoms. The van der Waals surface area contributed by atoms with Gasteiger partial charge in [-0.3, -0.25) is 4.90 Å². The van der Waals surface area contributed by atoms with Crippen molar-refractivity contribution in [2.45, 2.75) is 32.4 Å². The molecule has 1 aliphatic heterocycles. The van der Waals surface area contributed by atoms with Gasteiger partial charge in [-0.2, -0.15) is 0 Å². The maximum absolute atomic E-state index is 12.5. The van der Waals surface area contributed by atoms with Gasteiger partial charge >= 0.3 is 6.09 Å². The number of rotatable bonds is 4. The van der Waals surface area contributed by atoms with E-state index in [1.165, 1.54) is 0 Å². The Kier molecular flexibility index (Phi) is 6.24. The van der Waals surface area contributed by atoms with Crippen LogP contribution in [0.5, 0.6) is 0 Å². The van der Waals surface area contributed by atoms with Gasteiger partial charge in [0.05, 0.1) is 6.04 Å². The summed E-state index contributed by atoms with van der Waals surface area (Å²) in [4.78, 5) is 19.0. The first-order valence-electron chi connectivity index (χ1n) is 8.68. The van der Waals surface area contributed by atoms with Crippen molar-refractivity contribution in [3.63, 3.8) is 0 Å². The fourth-order valence-corrected chi connectivity index (χ4v) is 2.86. The quantitative estimate of drug-likeness (QED) is 0.849. The Labute approximate surface area is 146 Å². The summed E-state index contributed by atoms with van der Waals surface area (Å²) in [6.07, 6.45) is -0.273. The van der Waals surface area contributed by atoms with Gasteiger partial charge in [-0.05, 0) is 33.4 Å². The van der Waals surface area contributed by atoms with Crippen molar-refractivity contribution >= 4 is 6.09 Å². The minimum Gasteiger partial charge on any atom is -0.444 e. The van der Waals surface area contributed by atoms with E-state index in [1.54, 1.807) is 4.90 Å². The second-order valence-corrected chi connectivity index (χ2v) is 7.62. The SMILES string of the molecule is CN1CCN(C[C@H](c2ccccc2)N(C)C(=O)OC(C)(C)C)CC1. The number of benzene rings is 1. The van der Waals surface area contributed by atoms with E-state index in [1.807, 2.05) is 46.0 Å². The third-order valence-corrected chi connectivity index (χ3v) is 4.36. The summed E-state index contributed by atoms with van der Waals surface area (Å²) >= 11 is 0. The van der Waals surface area contributed by atoms with Gasteiger partial charge in [0.2, 0.25) is 0 Å². The molecule has 5 heteroatoms. The number of amides is 1. The van der Waals surface area contributed by atoms with Crippen LogP contribution in [0.2, 0.25) is 0 Å². The van der Waals surface area contributed by atoms with Crippen molar-refractivity contribution in [3.8, 4) is 0 Å². The number of nitrogens with zero attached hydrogens (tertiary/aromatic N) is 3. The molecule has 1 aliphatic rings. The Balaban J connectivity index is 2.12. The molecule has 1 fully saturated rings. The second-order valence-electron chi connectivity index (χ2n) is 7.62. The molecule has 1 heterocycles. The zero-order chi connectivity index (χ0) is 17.7. The molecule has 1 atom stereocenters. The number of piperazine rings is 1. The number of likely N-dealkylation sites (N-methyl/N-ethyl adjacent to an activating group) is 2. The van der Waals surface area contributed by atoms with Gasteiger partial charge in [-0.1, -0.05) is 30.3 Å². The molecule has 0 N–H and O–H groups in total. The van der Waals surface area contributed by atoms with Gasteiger partial charge in [-0.15, -0.1) is 0 Å². The van der Waals surface area contributed by atoms with Gasteiger partial charge in [0, 0.05) is 39.8 Å². The van der Waals surface area contributed by atoms with Crippen molar-refractivity contribution in [1.82, 2.24) is 14.7 Å². The van der Waals surface area contributed by atoms with Crippen LogP contribution in [0.15, 0.2) is 30.3 Å². The minimum atomic E-state index is -0.486. The zero-order valence-corrected chi connectivity index (χ0v) is 15.7. The van der Waals surface area contributed by atoms with E-state index >= 15 is 0 Å². The van der Waals surface area contributed by atoms with E-state index in [0.717, 1.165) is 38.3 Å². The Morgan fingerprint density at radius 1 is 1.17 bits per heavy atom. The van der Waals surface area contributed by atoms with Crippen molar-refractivity contribution in [2.24, 2.45) is 0 Å². The summed E-state index contributed by atoms with van der Waals surface area (Å²) in [6.45, 7) is 10.7. The predicted octanol–water partition coefficient (Wildman–Crippen LogP) is 2.84. The van der Waals surface area contributed by atoms with E-state index in [0.29, 0.717) is 0 Å². The Bertz CT molecular complexity index is 519. The third-order valence-electron chi connectivity index (χ3n) is 4.36. The highest BCUT2D eigenvalue weighted by Crippen LogP contribution is 2.23. The molecule has 0 aromatic heterocycles. The van der Waals surface area contributed by atoms with Gasteiger partial charge in [0.1, 0.15) is 5.60 Å². The molecule has 0 radical (unpaired) electrons. The number of ether oxygens (including phenoxy) is 1. The minimum absolute atomic E-state index is 0.00976. The first-order chi connectivity index (χ1) is 11.3. The lowest BCUT2D eigenvalue weighted by Gasteiger charge is -2.38. The fourth-order valence-electron chi connectivity index (χ4n) is 2.86. The molecule has 0 aliphatic carbocycles. The van der Waals surface area contributed by atoms with Crippen LogP contribution in [-0.2, 0) is 4.74 Å². The van der Waals surface area contributed by atoms with E-state index in [-0.39, 0.29) is 12.1 Å². The van der Waals surface area contributed by atoms with Gasteiger partial charge in [0.15, 0.2) is 0 Å². The van der Waals surface area contributed by atoms with E-state index in [4.69, 9.17) is 4.74 Å². The van der Waals surface area contributed by atoms with Crippen LogP contribution in [0.3, 0.4) is 0 Å². The normalized spacial score (nSPS) is 18.2. The Hall–Kier alpha value is -1.59. The van der Waals surface area contributed by atoms with Gasteiger partial charge in [0.25, 0.3) is 0 Å². The first kappa shape index (κ1) is 18.7. The molecule has 1 aromatic rings.